The number of phenolic OH excluding ortho intramolecular Hbond substituents is 2. The minimum atomic E-state index is -0.170. The van der Waals surface area contributed by atoms with Crippen molar-refractivity contribution in [1.29, 1.82) is 0 Å². The van der Waals surface area contributed by atoms with Crippen molar-refractivity contribution in [1.82, 2.24) is 9.97 Å². The Morgan fingerprint density at radius 2 is 0.920 bits per heavy atom. The summed E-state index contributed by atoms with van der Waals surface area (Å²) >= 11 is 0. The van der Waals surface area contributed by atoms with Crippen molar-refractivity contribution >= 4 is 0 Å². The molecule has 0 bridgehead atoms. The van der Waals surface area contributed by atoms with Crippen molar-refractivity contribution in [2.45, 2.75) is 26.7 Å². The molecule has 0 saturated carbocycles. The fourth-order valence-electron chi connectivity index (χ4n) is 5.50. The lowest BCUT2D eigenvalue weighted by molar-refractivity contribution is 0.202. The van der Waals surface area contributed by atoms with Gasteiger partial charge in [0.05, 0.1) is 13.2 Å². The SMILES string of the molecule is COCCc1ccc(-c2cc(-c3ccc(C)c(O)c3)[nH]c(=O)c2)cc1.COCCc1ccc(-c2cc(-c3ccc(O)c(C)c3)[nH]c(=O)c2)cc1. The molecular weight excluding hydrogens is 628 g/mol. The summed E-state index contributed by atoms with van der Waals surface area (Å²) in [4.78, 5) is 29.9. The number of pyridine rings is 2. The largest absolute Gasteiger partial charge is 0.508 e. The van der Waals surface area contributed by atoms with Crippen molar-refractivity contribution in [2.24, 2.45) is 0 Å². The van der Waals surface area contributed by atoms with Crippen LogP contribution in [0, 0.1) is 13.8 Å². The van der Waals surface area contributed by atoms with Gasteiger partial charge in [0.25, 0.3) is 0 Å². The molecule has 0 amide bonds. The molecule has 50 heavy (non-hydrogen) atoms. The van der Waals surface area contributed by atoms with Crippen molar-refractivity contribution in [3.8, 4) is 56.3 Å². The molecule has 0 aliphatic rings. The molecule has 256 valence electrons. The molecule has 4 N–H and O–H groups in total. The average molecular weight is 671 g/mol. The highest BCUT2D eigenvalue weighted by molar-refractivity contribution is 5.72. The summed E-state index contributed by atoms with van der Waals surface area (Å²) in [6.07, 6.45) is 1.73. The maximum absolute atomic E-state index is 12.1. The van der Waals surface area contributed by atoms with E-state index in [-0.39, 0.29) is 22.6 Å². The number of benzene rings is 4. The minimum absolute atomic E-state index is 0.151. The molecule has 0 aliphatic carbocycles. The van der Waals surface area contributed by atoms with Crippen molar-refractivity contribution < 1.29 is 19.7 Å². The van der Waals surface area contributed by atoms with Gasteiger partial charge in [0.1, 0.15) is 11.5 Å². The fourth-order valence-corrected chi connectivity index (χ4v) is 5.50. The van der Waals surface area contributed by atoms with Gasteiger partial charge in [-0.2, -0.15) is 0 Å². The van der Waals surface area contributed by atoms with Gasteiger partial charge in [-0.05, 0) is 113 Å². The zero-order valence-electron chi connectivity index (χ0n) is 28.7. The molecule has 6 rings (SSSR count). The number of H-pyrrole nitrogens is 2. The lowest BCUT2D eigenvalue weighted by Crippen LogP contribution is -2.05. The predicted molar refractivity (Wildman–Crippen MR) is 200 cm³/mol. The first-order chi connectivity index (χ1) is 24.1. The first-order valence-electron chi connectivity index (χ1n) is 16.4. The Morgan fingerprint density at radius 1 is 0.480 bits per heavy atom. The van der Waals surface area contributed by atoms with Gasteiger partial charge in [-0.15, -0.1) is 0 Å². The third-order valence-electron chi connectivity index (χ3n) is 8.48. The summed E-state index contributed by atoms with van der Waals surface area (Å²) in [5, 5.41) is 19.6. The Kier molecular flexibility index (Phi) is 11.8. The number of aromatic hydroxyl groups is 2. The maximum Gasteiger partial charge on any atom is 0.249 e. The number of aryl methyl sites for hydroxylation is 2. The molecule has 0 unspecified atom stereocenters. The Bertz CT molecular complexity index is 2010. The van der Waals surface area contributed by atoms with Crippen LogP contribution in [0.3, 0.4) is 0 Å². The summed E-state index contributed by atoms with van der Waals surface area (Å²) in [5.41, 5.74) is 10.4. The number of phenols is 2. The van der Waals surface area contributed by atoms with Crippen LogP contribution in [0.4, 0.5) is 0 Å². The smallest absolute Gasteiger partial charge is 0.249 e. The number of nitrogens with one attached hydrogen (secondary N) is 2. The molecule has 4 aromatic carbocycles. The first kappa shape index (κ1) is 35.6. The van der Waals surface area contributed by atoms with E-state index in [1.807, 2.05) is 80.6 Å². The highest BCUT2D eigenvalue weighted by Crippen LogP contribution is 2.29. The van der Waals surface area contributed by atoms with Gasteiger partial charge in [-0.1, -0.05) is 60.7 Å². The zero-order chi connectivity index (χ0) is 35.6. The van der Waals surface area contributed by atoms with Crippen LogP contribution in [0.25, 0.3) is 44.8 Å². The molecule has 2 aromatic heterocycles. The van der Waals surface area contributed by atoms with Gasteiger partial charge in [0.15, 0.2) is 0 Å². The summed E-state index contributed by atoms with van der Waals surface area (Å²) in [6, 6.07) is 34.0. The molecule has 0 atom stereocenters. The number of methoxy groups -OCH3 is 2. The first-order valence-corrected chi connectivity index (χ1v) is 16.4. The predicted octanol–water partition coefficient (Wildman–Crippen LogP) is 7.82. The Morgan fingerprint density at radius 3 is 1.36 bits per heavy atom. The second-order valence-electron chi connectivity index (χ2n) is 12.2. The monoisotopic (exact) mass is 670 g/mol. The number of rotatable bonds is 10. The van der Waals surface area contributed by atoms with Gasteiger partial charge in [-0.25, -0.2) is 0 Å². The van der Waals surface area contributed by atoms with Crippen LogP contribution in [0.5, 0.6) is 11.5 Å². The van der Waals surface area contributed by atoms with E-state index in [1.54, 1.807) is 44.6 Å². The highest BCUT2D eigenvalue weighted by atomic mass is 16.5. The van der Waals surface area contributed by atoms with Crippen molar-refractivity contribution in [3.63, 3.8) is 0 Å². The van der Waals surface area contributed by atoms with Crippen LogP contribution >= 0.6 is 0 Å². The lowest BCUT2D eigenvalue weighted by atomic mass is 10.0. The number of aromatic nitrogens is 2. The van der Waals surface area contributed by atoms with Crippen LogP contribution in [-0.2, 0) is 22.3 Å². The minimum Gasteiger partial charge on any atom is -0.508 e. The van der Waals surface area contributed by atoms with Gasteiger partial charge < -0.3 is 29.7 Å². The van der Waals surface area contributed by atoms with Gasteiger partial charge in [0.2, 0.25) is 11.1 Å². The molecule has 2 heterocycles. The Balaban J connectivity index is 0.000000194. The normalized spacial score (nSPS) is 10.8. The van der Waals surface area contributed by atoms with Crippen molar-refractivity contribution in [2.75, 3.05) is 27.4 Å². The third-order valence-corrected chi connectivity index (χ3v) is 8.48. The van der Waals surface area contributed by atoms with E-state index >= 15 is 0 Å². The molecule has 0 saturated heterocycles. The lowest BCUT2D eigenvalue weighted by Gasteiger charge is -2.08. The molecule has 8 nitrogen and oxygen atoms in total. The van der Waals surface area contributed by atoms with E-state index < -0.39 is 0 Å². The molecule has 0 fully saturated rings. The molecule has 0 aliphatic heterocycles. The molecular formula is C42H42N2O6. The standard InChI is InChI=1S/2C21H21NO3/c1-14-3-6-17(12-20(14)23)19-11-18(13-21(24)22-19)16-7-4-15(5-8-16)9-10-25-2;1-14-11-17(7-8-20(14)23)19-12-18(13-21(24)22-19)16-5-3-15(4-6-16)9-10-25-2/h2*3-8,11-13,23H,9-10H2,1-2H3,(H,22,24). The average Bonchev–Trinajstić information content (AvgIpc) is 3.12. The molecule has 8 heteroatoms. The zero-order valence-corrected chi connectivity index (χ0v) is 28.7. The quantitative estimate of drug-likeness (QED) is 0.118. The van der Waals surface area contributed by atoms with Crippen LogP contribution in [0.1, 0.15) is 22.3 Å². The van der Waals surface area contributed by atoms with Crippen LogP contribution < -0.4 is 11.1 Å². The number of hydrogen-bond donors (Lipinski definition) is 4. The van der Waals surface area contributed by atoms with Gasteiger partial charge in [0, 0.05) is 43.3 Å². The van der Waals surface area contributed by atoms with Gasteiger partial charge in [-0.3, -0.25) is 9.59 Å². The molecule has 0 radical (unpaired) electrons. The van der Waals surface area contributed by atoms with E-state index in [0.29, 0.717) is 18.9 Å². The Labute approximate surface area is 291 Å². The number of hydrogen-bond acceptors (Lipinski definition) is 6. The summed E-state index contributed by atoms with van der Waals surface area (Å²) in [6.45, 7) is 5.04. The maximum atomic E-state index is 12.1. The van der Waals surface area contributed by atoms with E-state index in [1.165, 1.54) is 11.1 Å². The molecule has 6 aromatic rings. The molecule has 0 spiro atoms. The topological polar surface area (TPSA) is 125 Å². The highest BCUT2D eigenvalue weighted by Gasteiger charge is 2.08. The second-order valence-corrected chi connectivity index (χ2v) is 12.2. The summed E-state index contributed by atoms with van der Waals surface area (Å²) in [5.74, 6) is 0.458. The van der Waals surface area contributed by atoms with Gasteiger partial charge >= 0.3 is 0 Å². The number of ether oxygens (including phenoxy) is 2. The van der Waals surface area contributed by atoms with E-state index in [0.717, 1.165) is 63.0 Å². The number of aromatic amines is 2. The van der Waals surface area contributed by atoms with Crippen LogP contribution in [-0.4, -0.2) is 47.6 Å². The third kappa shape index (κ3) is 9.25. The second kappa shape index (κ2) is 16.6. The summed E-state index contributed by atoms with van der Waals surface area (Å²) in [7, 11) is 3.38. The Hall–Kier alpha value is -5.70. The van der Waals surface area contributed by atoms with Crippen LogP contribution in [0.2, 0.25) is 0 Å². The van der Waals surface area contributed by atoms with E-state index in [2.05, 4.69) is 22.1 Å². The fraction of sp³-hybridized carbons (Fsp3) is 0.190. The van der Waals surface area contributed by atoms with E-state index in [9.17, 15) is 19.8 Å². The van der Waals surface area contributed by atoms with E-state index in [4.69, 9.17) is 9.47 Å². The van der Waals surface area contributed by atoms with Crippen molar-refractivity contribution in [3.05, 3.63) is 152 Å². The summed E-state index contributed by atoms with van der Waals surface area (Å²) < 4.78 is 10.2. The van der Waals surface area contributed by atoms with Crippen LogP contribution in [0.15, 0.2) is 119 Å².